The fraction of sp³-hybridized carbons (Fsp3) is 0.583. The highest BCUT2D eigenvalue weighted by molar-refractivity contribution is 5.06. The molecule has 0 saturated heterocycles. The van der Waals surface area contributed by atoms with E-state index in [0.29, 0.717) is 24.5 Å². The normalized spacial score (nSPS) is 12.1. The molecule has 96 valence electrons. The predicted molar refractivity (Wildman–Crippen MR) is 60.6 cm³/mol. The second-order valence-corrected chi connectivity index (χ2v) is 4.41. The Morgan fingerprint density at radius 2 is 2.12 bits per heavy atom. The van der Waals surface area contributed by atoms with Crippen molar-refractivity contribution in [3.63, 3.8) is 0 Å². The molecule has 2 nitrogen and oxygen atoms in total. The van der Waals surface area contributed by atoms with Crippen molar-refractivity contribution in [2.45, 2.75) is 39.4 Å². The van der Waals surface area contributed by atoms with Crippen molar-refractivity contribution in [2.24, 2.45) is 5.92 Å². The van der Waals surface area contributed by atoms with E-state index in [9.17, 15) is 13.2 Å². The van der Waals surface area contributed by atoms with Crippen LogP contribution in [0.5, 0.6) is 0 Å². The lowest BCUT2D eigenvalue weighted by atomic mass is 9.99. The van der Waals surface area contributed by atoms with Gasteiger partial charge in [-0.1, -0.05) is 26.0 Å². The van der Waals surface area contributed by atoms with Crippen molar-refractivity contribution in [3.05, 3.63) is 30.1 Å². The van der Waals surface area contributed by atoms with E-state index >= 15 is 0 Å². The van der Waals surface area contributed by atoms with Crippen LogP contribution >= 0.6 is 0 Å². The number of halogens is 3. The van der Waals surface area contributed by atoms with Gasteiger partial charge in [-0.05, 0) is 24.8 Å². The van der Waals surface area contributed by atoms with Gasteiger partial charge in [0.25, 0.3) is 0 Å². The Kier molecular flexibility index (Phi) is 4.37. The van der Waals surface area contributed by atoms with Crippen LogP contribution in [0.25, 0.3) is 0 Å². The number of aryl methyl sites for hydroxylation is 1. The van der Waals surface area contributed by atoms with E-state index in [1.807, 2.05) is 13.8 Å². The summed E-state index contributed by atoms with van der Waals surface area (Å²) in [6.07, 6.45) is -1.58. The van der Waals surface area contributed by atoms with Crippen LogP contribution in [0.1, 0.15) is 26.0 Å². The molecule has 5 heteroatoms. The third-order valence-corrected chi connectivity index (χ3v) is 2.65. The number of nitrogens with zero attached hydrogens (tertiary/aromatic N) is 2. The standard InChI is InChI=1S/C12H17F3N2/c1-9(2)10(3)4-5-11-6-7-16-17(11)8-12(13,14)15/h6-7,9H,3-5,8H2,1-2H3. The highest BCUT2D eigenvalue weighted by atomic mass is 19.4. The Morgan fingerprint density at radius 1 is 1.47 bits per heavy atom. The molecule has 1 rings (SSSR count). The summed E-state index contributed by atoms with van der Waals surface area (Å²) in [4.78, 5) is 0. The van der Waals surface area contributed by atoms with Crippen LogP contribution in [-0.2, 0) is 13.0 Å². The number of hydrogen-bond acceptors (Lipinski definition) is 1. The van der Waals surface area contributed by atoms with Gasteiger partial charge in [0.1, 0.15) is 6.54 Å². The van der Waals surface area contributed by atoms with Crippen LogP contribution < -0.4 is 0 Å². The van der Waals surface area contributed by atoms with Crippen molar-refractivity contribution in [1.29, 1.82) is 0 Å². The summed E-state index contributed by atoms with van der Waals surface area (Å²) in [6, 6.07) is 1.62. The first-order valence-corrected chi connectivity index (χ1v) is 5.54. The summed E-state index contributed by atoms with van der Waals surface area (Å²) >= 11 is 0. The first-order valence-electron chi connectivity index (χ1n) is 5.54. The summed E-state index contributed by atoms with van der Waals surface area (Å²) in [6.45, 7) is 6.93. The predicted octanol–water partition coefficient (Wildman–Crippen LogP) is 3.59. The van der Waals surface area contributed by atoms with E-state index in [1.165, 1.54) is 6.20 Å². The van der Waals surface area contributed by atoms with Gasteiger partial charge in [0.05, 0.1) is 0 Å². The highest BCUT2D eigenvalue weighted by Crippen LogP contribution is 2.20. The van der Waals surface area contributed by atoms with Crippen LogP contribution in [0.3, 0.4) is 0 Å². The van der Waals surface area contributed by atoms with Crippen LogP contribution in [-0.4, -0.2) is 16.0 Å². The van der Waals surface area contributed by atoms with Gasteiger partial charge in [-0.3, -0.25) is 4.68 Å². The van der Waals surface area contributed by atoms with Gasteiger partial charge in [-0.15, -0.1) is 0 Å². The average molecular weight is 246 g/mol. The van der Waals surface area contributed by atoms with Crippen LogP contribution in [0.2, 0.25) is 0 Å². The summed E-state index contributed by atoms with van der Waals surface area (Å²) in [7, 11) is 0. The largest absolute Gasteiger partial charge is 0.408 e. The van der Waals surface area contributed by atoms with E-state index in [1.54, 1.807) is 6.07 Å². The first kappa shape index (κ1) is 13.8. The summed E-state index contributed by atoms with van der Waals surface area (Å²) in [5, 5.41) is 3.69. The third-order valence-electron chi connectivity index (χ3n) is 2.65. The highest BCUT2D eigenvalue weighted by Gasteiger charge is 2.29. The lowest BCUT2D eigenvalue weighted by Crippen LogP contribution is -2.20. The van der Waals surface area contributed by atoms with Crippen molar-refractivity contribution in [3.8, 4) is 0 Å². The molecule has 0 radical (unpaired) electrons. The molecule has 0 fully saturated rings. The quantitative estimate of drug-likeness (QED) is 0.726. The lowest BCUT2D eigenvalue weighted by Gasteiger charge is -2.12. The lowest BCUT2D eigenvalue weighted by molar-refractivity contribution is -0.143. The SMILES string of the molecule is C=C(CCc1ccnn1CC(F)(F)F)C(C)C. The number of rotatable bonds is 5. The van der Waals surface area contributed by atoms with E-state index in [2.05, 4.69) is 11.7 Å². The zero-order chi connectivity index (χ0) is 13.1. The zero-order valence-electron chi connectivity index (χ0n) is 10.1. The van der Waals surface area contributed by atoms with Crippen molar-refractivity contribution in [1.82, 2.24) is 9.78 Å². The molecule has 0 atom stereocenters. The number of alkyl halides is 3. The Bertz CT molecular complexity index is 377. The molecule has 0 aliphatic rings. The smallest absolute Gasteiger partial charge is 0.260 e. The fourth-order valence-electron chi connectivity index (χ4n) is 1.46. The van der Waals surface area contributed by atoms with Gasteiger partial charge in [0, 0.05) is 11.9 Å². The summed E-state index contributed by atoms with van der Waals surface area (Å²) in [5.41, 5.74) is 1.65. The van der Waals surface area contributed by atoms with E-state index in [4.69, 9.17) is 0 Å². The molecule has 0 bridgehead atoms. The maximum Gasteiger partial charge on any atom is 0.408 e. The minimum absolute atomic E-state index is 0.356. The van der Waals surface area contributed by atoms with E-state index < -0.39 is 12.7 Å². The van der Waals surface area contributed by atoms with Gasteiger partial charge in [0.2, 0.25) is 0 Å². The molecule has 1 aromatic heterocycles. The Balaban J connectivity index is 2.61. The molecule has 0 unspecified atom stereocenters. The van der Waals surface area contributed by atoms with Gasteiger partial charge in [-0.2, -0.15) is 18.3 Å². The maximum absolute atomic E-state index is 12.2. The molecule has 1 heterocycles. The Morgan fingerprint density at radius 3 is 2.65 bits per heavy atom. The van der Waals surface area contributed by atoms with Gasteiger partial charge < -0.3 is 0 Å². The van der Waals surface area contributed by atoms with Gasteiger partial charge in [-0.25, -0.2) is 0 Å². The van der Waals surface area contributed by atoms with E-state index in [0.717, 1.165) is 10.3 Å². The van der Waals surface area contributed by atoms with Gasteiger partial charge in [0.15, 0.2) is 0 Å². The molecule has 0 aromatic carbocycles. The molecule has 0 aliphatic carbocycles. The molecular formula is C12H17F3N2. The van der Waals surface area contributed by atoms with Crippen molar-refractivity contribution >= 4 is 0 Å². The first-order chi connectivity index (χ1) is 7.79. The molecule has 0 aliphatic heterocycles. The Labute approximate surface area is 99.1 Å². The minimum Gasteiger partial charge on any atom is -0.260 e. The fourth-order valence-corrected chi connectivity index (χ4v) is 1.46. The van der Waals surface area contributed by atoms with Gasteiger partial charge >= 0.3 is 6.18 Å². The van der Waals surface area contributed by atoms with Crippen molar-refractivity contribution in [2.75, 3.05) is 0 Å². The van der Waals surface area contributed by atoms with Crippen molar-refractivity contribution < 1.29 is 13.2 Å². The molecule has 0 amide bonds. The molecular weight excluding hydrogens is 229 g/mol. The second-order valence-electron chi connectivity index (χ2n) is 4.41. The topological polar surface area (TPSA) is 17.8 Å². The molecule has 0 saturated carbocycles. The molecule has 17 heavy (non-hydrogen) atoms. The Hall–Kier alpha value is -1.26. The summed E-state index contributed by atoms with van der Waals surface area (Å²) in [5.74, 6) is 0.356. The number of allylic oxidation sites excluding steroid dienone is 1. The third kappa shape index (κ3) is 4.63. The second kappa shape index (κ2) is 5.38. The van der Waals surface area contributed by atoms with Crippen LogP contribution in [0.15, 0.2) is 24.4 Å². The number of hydrogen-bond donors (Lipinski definition) is 0. The summed E-state index contributed by atoms with van der Waals surface area (Å²) < 4.78 is 37.8. The average Bonchev–Trinajstić information content (AvgIpc) is 2.58. The van der Waals surface area contributed by atoms with Crippen LogP contribution in [0, 0.1) is 5.92 Å². The molecule has 0 spiro atoms. The monoisotopic (exact) mass is 246 g/mol. The molecule has 0 N–H and O–H groups in total. The number of aromatic nitrogens is 2. The molecule has 1 aromatic rings. The minimum atomic E-state index is -4.23. The maximum atomic E-state index is 12.2. The zero-order valence-corrected chi connectivity index (χ0v) is 10.1. The van der Waals surface area contributed by atoms with E-state index in [-0.39, 0.29) is 0 Å². The van der Waals surface area contributed by atoms with Crippen LogP contribution in [0.4, 0.5) is 13.2 Å².